The average Bonchev–Trinajstić information content (AvgIpc) is 3.64. The van der Waals surface area contributed by atoms with Crippen molar-refractivity contribution < 1.29 is 23.9 Å². The number of benzene rings is 2. The van der Waals surface area contributed by atoms with E-state index in [9.17, 15) is 14.4 Å². The molecular weight excluding hydrogens is 428 g/mol. The van der Waals surface area contributed by atoms with Crippen LogP contribution in [0.4, 0.5) is 0 Å². The van der Waals surface area contributed by atoms with E-state index in [1.165, 1.54) is 21.9 Å². The van der Waals surface area contributed by atoms with E-state index >= 15 is 0 Å². The standard InChI is InChI=1S/C29H26O5/c1-12-23-17-8-19(21(10-17)25(23)28(31)33-12)14-4-2-13-3-5-15(7-16(13)6-14)20-9-18-11-22(20)26-24(18)27(30)34-29(26)32/h2-7,17-26H,1,8-11H2. The van der Waals surface area contributed by atoms with E-state index in [2.05, 4.69) is 43.0 Å². The lowest BCUT2D eigenvalue weighted by Crippen LogP contribution is -2.29. The first-order valence-electron chi connectivity index (χ1n) is 12.7. The Morgan fingerprint density at radius 3 is 1.79 bits per heavy atom. The van der Waals surface area contributed by atoms with Crippen molar-refractivity contribution >= 4 is 28.7 Å². The zero-order chi connectivity index (χ0) is 22.9. The van der Waals surface area contributed by atoms with Gasteiger partial charge in [0.2, 0.25) is 0 Å². The van der Waals surface area contributed by atoms with E-state index in [-0.39, 0.29) is 53.4 Å². The first-order valence-corrected chi connectivity index (χ1v) is 12.7. The third-order valence-corrected chi connectivity index (χ3v) is 10.4. The summed E-state index contributed by atoms with van der Waals surface area (Å²) in [6.45, 7) is 4.01. The quantitative estimate of drug-likeness (QED) is 0.486. The fourth-order valence-electron chi connectivity index (χ4n) is 9.18. The molecule has 0 N–H and O–H groups in total. The molecule has 2 aromatic carbocycles. The van der Waals surface area contributed by atoms with Crippen molar-refractivity contribution in [1.82, 2.24) is 0 Å². The van der Waals surface area contributed by atoms with Crippen molar-refractivity contribution in [3.8, 4) is 0 Å². The summed E-state index contributed by atoms with van der Waals surface area (Å²) in [5.74, 6) is 1.76. The van der Waals surface area contributed by atoms with Crippen molar-refractivity contribution in [2.75, 3.05) is 0 Å². The van der Waals surface area contributed by atoms with Crippen LogP contribution in [0, 0.1) is 47.3 Å². The zero-order valence-electron chi connectivity index (χ0n) is 18.8. The Morgan fingerprint density at radius 2 is 1.15 bits per heavy atom. The highest BCUT2D eigenvalue weighted by Gasteiger charge is 2.63. The first kappa shape index (κ1) is 19.4. The molecule has 4 bridgehead atoms. The van der Waals surface area contributed by atoms with Crippen molar-refractivity contribution in [1.29, 1.82) is 0 Å². The summed E-state index contributed by atoms with van der Waals surface area (Å²) in [5.41, 5.74) is 2.59. The van der Waals surface area contributed by atoms with Crippen LogP contribution in [0.2, 0.25) is 0 Å². The first-order chi connectivity index (χ1) is 16.5. The Bertz CT molecular complexity index is 1230. The van der Waals surface area contributed by atoms with Gasteiger partial charge in [0.05, 0.1) is 17.8 Å². The maximum absolute atomic E-state index is 12.5. The van der Waals surface area contributed by atoms with Crippen LogP contribution >= 0.6 is 0 Å². The predicted molar refractivity (Wildman–Crippen MR) is 122 cm³/mol. The number of carbonyl (C=O) groups excluding carboxylic acids is 3. The highest BCUT2D eigenvalue weighted by atomic mass is 16.6. The lowest BCUT2D eigenvalue weighted by molar-refractivity contribution is -0.154. The number of cyclic esters (lactones) is 3. The van der Waals surface area contributed by atoms with Gasteiger partial charge in [-0.05, 0) is 83.1 Å². The zero-order valence-corrected chi connectivity index (χ0v) is 18.8. The molecule has 6 aliphatic rings. The van der Waals surface area contributed by atoms with E-state index in [1.54, 1.807) is 0 Å². The molecule has 10 unspecified atom stereocenters. The minimum atomic E-state index is -0.307. The Kier molecular flexibility index (Phi) is 3.63. The lowest BCUT2D eigenvalue weighted by atomic mass is 9.71. The van der Waals surface area contributed by atoms with Gasteiger partial charge in [-0.15, -0.1) is 0 Å². The Labute approximate surface area is 197 Å². The fourth-order valence-corrected chi connectivity index (χ4v) is 9.18. The topological polar surface area (TPSA) is 69.7 Å². The third-order valence-electron chi connectivity index (χ3n) is 10.4. The van der Waals surface area contributed by atoms with Crippen LogP contribution in [0.3, 0.4) is 0 Å². The van der Waals surface area contributed by atoms with Crippen molar-refractivity contribution in [3.05, 3.63) is 59.9 Å². The van der Waals surface area contributed by atoms with Crippen LogP contribution in [0.5, 0.6) is 0 Å². The van der Waals surface area contributed by atoms with Crippen LogP contribution < -0.4 is 0 Å². The molecule has 0 spiro atoms. The number of fused-ring (bicyclic) bond motifs is 11. The van der Waals surface area contributed by atoms with Crippen molar-refractivity contribution in [3.63, 3.8) is 0 Å². The van der Waals surface area contributed by atoms with Crippen LogP contribution in [0.25, 0.3) is 10.8 Å². The van der Waals surface area contributed by atoms with Gasteiger partial charge < -0.3 is 9.47 Å². The number of allylic oxidation sites excluding steroid dienone is 1. The van der Waals surface area contributed by atoms with Gasteiger partial charge >= 0.3 is 17.9 Å². The molecule has 2 heterocycles. The molecule has 2 aromatic rings. The number of rotatable bonds is 2. The van der Waals surface area contributed by atoms with Crippen LogP contribution in [0.15, 0.2) is 48.7 Å². The molecule has 4 aliphatic carbocycles. The predicted octanol–water partition coefficient (Wildman–Crippen LogP) is 4.71. The number of carbonyl (C=O) groups is 3. The molecule has 0 radical (unpaired) electrons. The highest BCUT2D eigenvalue weighted by molar-refractivity contribution is 5.97. The average molecular weight is 455 g/mol. The molecule has 5 heteroatoms. The van der Waals surface area contributed by atoms with Gasteiger partial charge in [0.15, 0.2) is 0 Å². The van der Waals surface area contributed by atoms with Gasteiger partial charge in [-0.2, -0.15) is 0 Å². The molecule has 10 atom stereocenters. The molecule has 5 nitrogen and oxygen atoms in total. The van der Waals surface area contributed by atoms with Crippen molar-refractivity contribution in [2.24, 2.45) is 47.3 Å². The monoisotopic (exact) mass is 454 g/mol. The smallest absolute Gasteiger partial charge is 0.317 e. The molecular formula is C29H26O5. The van der Waals surface area contributed by atoms with Crippen LogP contribution in [-0.2, 0) is 23.9 Å². The second-order valence-corrected chi connectivity index (χ2v) is 11.6. The van der Waals surface area contributed by atoms with Gasteiger partial charge in [-0.25, -0.2) is 0 Å². The second kappa shape index (κ2) is 6.38. The van der Waals surface area contributed by atoms with Gasteiger partial charge in [0.1, 0.15) is 5.76 Å². The van der Waals surface area contributed by atoms with E-state index in [0.29, 0.717) is 29.4 Å². The minimum Gasteiger partial charge on any atom is -0.431 e. The van der Waals surface area contributed by atoms with Gasteiger partial charge in [-0.1, -0.05) is 43.0 Å². The minimum absolute atomic E-state index is 0.0193. The van der Waals surface area contributed by atoms with E-state index < -0.39 is 0 Å². The number of esters is 3. The summed E-state index contributed by atoms with van der Waals surface area (Å²) < 4.78 is 10.4. The molecule has 34 heavy (non-hydrogen) atoms. The summed E-state index contributed by atoms with van der Waals surface area (Å²) in [4.78, 5) is 36.9. The van der Waals surface area contributed by atoms with Crippen LogP contribution in [-0.4, -0.2) is 17.9 Å². The number of hydrogen-bond donors (Lipinski definition) is 0. The van der Waals surface area contributed by atoms with Crippen LogP contribution in [0.1, 0.15) is 48.6 Å². The largest absolute Gasteiger partial charge is 0.431 e. The SMILES string of the molecule is C=C1OC(=O)C2C3CC(CC3c3ccc4ccc(C5CC6CC5C5C(=O)OC(=O)C65)cc4c3)C12. The summed E-state index contributed by atoms with van der Waals surface area (Å²) in [6, 6.07) is 13.4. The maximum atomic E-state index is 12.5. The van der Waals surface area contributed by atoms with E-state index in [0.717, 1.165) is 25.7 Å². The molecule has 4 saturated carbocycles. The molecule has 0 amide bonds. The van der Waals surface area contributed by atoms with Crippen molar-refractivity contribution in [2.45, 2.75) is 37.5 Å². The molecule has 0 aromatic heterocycles. The Balaban J connectivity index is 1.11. The van der Waals surface area contributed by atoms with E-state index in [1.807, 2.05) is 0 Å². The fraction of sp³-hybridized carbons (Fsp3) is 0.483. The molecule has 172 valence electrons. The van der Waals surface area contributed by atoms with Gasteiger partial charge in [0, 0.05) is 5.92 Å². The highest BCUT2D eigenvalue weighted by Crippen LogP contribution is 2.64. The molecule has 2 aliphatic heterocycles. The molecule has 2 saturated heterocycles. The van der Waals surface area contributed by atoms with E-state index in [4.69, 9.17) is 9.47 Å². The second-order valence-electron chi connectivity index (χ2n) is 11.6. The molecule has 6 fully saturated rings. The Morgan fingerprint density at radius 1 is 0.618 bits per heavy atom. The summed E-state index contributed by atoms with van der Waals surface area (Å²) in [7, 11) is 0. The van der Waals surface area contributed by atoms with Gasteiger partial charge in [-0.3, -0.25) is 14.4 Å². The third kappa shape index (κ3) is 2.33. The number of ether oxygens (including phenoxy) is 2. The normalized spacial score (nSPS) is 43.5. The molecule has 8 rings (SSSR count). The summed E-state index contributed by atoms with van der Waals surface area (Å²) in [5, 5.41) is 2.43. The van der Waals surface area contributed by atoms with Gasteiger partial charge in [0.25, 0.3) is 0 Å². The number of hydrogen-bond acceptors (Lipinski definition) is 5. The Hall–Kier alpha value is -2.95. The maximum Gasteiger partial charge on any atom is 0.317 e. The lowest BCUT2D eigenvalue weighted by Gasteiger charge is -2.29. The summed E-state index contributed by atoms with van der Waals surface area (Å²) >= 11 is 0. The summed E-state index contributed by atoms with van der Waals surface area (Å²) in [6.07, 6.45) is 4.10.